The Hall–Kier alpha value is -0.520. The Morgan fingerprint density at radius 1 is 1.56 bits per heavy atom. The van der Waals surface area contributed by atoms with E-state index in [1.165, 1.54) is 6.07 Å². The molecule has 0 saturated heterocycles. The molecule has 0 aliphatic rings. The predicted octanol–water partition coefficient (Wildman–Crippen LogP) is 0.685. The van der Waals surface area contributed by atoms with Gasteiger partial charge in [-0.2, -0.15) is 0 Å². The predicted molar refractivity (Wildman–Crippen MR) is 41.4 cm³/mol. The molecule has 4 heteroatoms. The zero-order chi connectivity index (χ0) is 6.85. The Labute approximate surface area is 64.9 Å². The highest BCUT2D eigenvalue weighted by atomic mass is 127. The summed E-state index contributed by atoms with van der Waals surface area (Å²) in [6.45, 7) is 0. The molecule has 0 bridgehead atoms. The molecule has 1 rings (SSSR count). The first-order valence-corrected chi connectivity index (χ1v) is 3.36. The van der Waals surface area contributed by atoms with Gasteiger partial charge in [0.05, 0.1) is 3.70 Å². The Morgan fingerprint density at radius 3 is 2.67 bits per heavy atom. The van der Waals surface area contributed by atoms with Gasteiger partial charge in [0, 0.05) is 0 Å². The van der Waals surface area contributed by atoms with E-state index in [0.717, 1.165) is 3.70 Å². The van der Waals surface area contributed by atoms with Crippen LogP contribution in [0.3, 0.4) is 0 Å². The van der Waals surface area contributed by atoms with Gasteiger partial charge >= 0.3 is 0 Å². The molecule has 1 heterocycles. The third-order valence-corrected chi connectivity index (χ3v) is 1.48. The highest BCUT2D eigenvalue weighted by Gasteiger charge is 1.92. The molecular weight excluding hydrogens is 233 g/mol. The van der Waals surface area contributed by atoms with Crippen LogP contribution < -0.4 is 5.56 Å². The molecule has 0 aliphatic heterocycles. The van der Waals surface area contributed by atoms with Crippen LogP contribution >= 0.6 is 22.6 Å². The lowest BCUT2D eigenvalue weighted by molar-refractivity contribution is 0.466. The van der Waals surface area contributed by atoms with E-state index in [-0.39, 0.29) is 5.75 Å². The Bertz CT molecular complexity index is 268. The Kier molecular flexibility index (Phi) is 1.75. The van der Waals surface area contributed by atoms with Crippen molar-refractivity contribution < 1.29 is 5.11 Å². The van der Waals surface area contributed by atoms with Crippen LogP contribution in [0.25, 0.3) is 0 Å². The van der Waals surface area contributed by atoms with Gasteiger partial charge in [0.25, 0.3) is 5.56 Å². The number of hydrogen-bond acceptors (Lipinski definition) is 2. The second-order valence-corrected chi connectivity index (χ2v) is 2.68. The Balaban J connectivity index is 3.34. The Morgan fingerprint density at radius 2 is 2.22 bits per heavy atom. The lowest BCUT2D eigenvalue weighted by Crippen LogP contribution is -2.04. The molecule has 0 spiro atoms. The number of halogens is 1. The quantitative estimate of drug-likeness (QED) is 0.515. The third-order valence-electron chi connectivity index (χ3n) is 0.853. The lowest BCUT2D eigenvalue weighted by Gasteiger charge is -1.88. The summed E-state index contributed by atoms with van der Waals surface area (Å²) in [7, 11) is 0. The molecule has 0 unspecified atom stereocenters. The van der Waals surface area contributed by atoms with Crippen LogP contribution in [0.4, 0.5) is 0 Å². The zero-order valence-electron chi connectivity index (χ0n) is 4.39. The smallest absolute Gasteiger partial charge is 0.290 e. The third kappa shape index (κ3) is 1.44. The number of hydrogen-bond donors (Lipinski definition) is 2. The minimum Gasteiger partial charge on any atom is -0.503 e. The summed E-state index contributed by atoms with van der Waals surface area (Å²) in [4.78, 5) is 12.9. The fourth-order valence-electron chi connectivity index (χ4n) is 0.442. The molecule has 0 aliphatic carbocycles. The van der Waals surface area contributed by atoms with E-state index in [4.69, 9.17) is 5.11 Å². The van der Waals surface area contributed by atoms with E-state index in [2.05, 4.69) is 4.98 Å². The fourth-order valence-corrected chi connectivity index (χ4v) is 0.867. The molecule has 3 nitrogen and oxygen atoms in total. The van der Waals surface area contributed by atoms with Crippen molar-refractivity contribution in [3.05, 3.63) is 26.2 Å². The summed E-state index contributed by atoms with van der Waals surface area (Å²) in [6.07, 6.45) is 0. The van der Waals surface area contributed by atoms with Crippen LogP contribution in [0.5, 0.6) is 5.75 Å². The standard InChI is InChI=1S/C5H4INO2/c6-4-2-1-3(8)5(9)7-4/h1-2,8H,(H,7,9). The SMILES string of the molecule is O=c1[nH]c(I)ccc1O. The topological polar surface area (TPSA) is 53.1 Å². The molecule has 1 aromatic heterocycles. The second kappa shape index (κ2) is 2.38. The van der Waals surface area contributed by atoms with Gasteiger partial charge in [0.15, 0.2) is 5.75 Å². The molecule has 0 radical (unpaired) electrons. The van der Waals surface area contributed by atoms with Crippen LogP contribution in [0.15, 0.2) is 16.9 Å². The first-order chi connectivity index (χ1) is 4.20. The molecule has 0 amide bonds. The number of rotatable bonds is 0. The van der Waals surface area contributed by atoms with Gasteiger partial charge < -0.3 is 10.1 Å². The van der Waals surface area contributed by atoms with E-state index in [9.17, 15) is 4.79 Å². The van der Waals surface area contributed by atoms with Crippen LogP contribution in [0.1, 0.15) is 0 Å². The first-order valence-electron chi connectivity index (χ1n) is 2.28. The normalized spacial score (nSPS) is 9.44. The van der Waals surface area contributed by atoms with Gasteiger partial charge in [-0.1, -0.05) is 0 Å². The van der Waals surface area contributed by atoms with E-state index in [1.54, 1.807) is 6.07 Å². The van der Waals surface area contributed by atoms with Gasteiger partial charge in [-0.05, 0) is 34.7 Å². The highest BCUT2D eigenvalue weighted by molar-refractivity contribution is 14.1. The first kappa shape index (κ1) is 6.60. The van der Waals surface area contributed by atoms with Crippen LogP contribution in [-0.4, -0.2) is 10.1 Å². The summed E-state index contributed by atoms with van der Waals surface area (Å²) in [6, 6.07) is 2.98. The van der Waals surface area contributed by atoms with Crippen molar-refractivity contribution in [1.29, 1.82) is 0 Å². The minimum atomic E-state index is -0.443. The summed E-state index contributed by atoms with van der Waals surface area (Å²) in [5.41, 5.74) is -0.443. The molecule has 0 atom stereocenters. The second-order valence-electron chi connectivity index (χ2n) is 1.52. The number of pyridine rings is 1. The maximum atomic E-state index is 10.5. The summed E-state index contributed by atoms with van der Waals surface area (Å²) < 4.78 is 0.718. The molecule has 9 heavy (non-hydrogen) atoms. The summed E-state index contributed by atoms with van der Waals surface area (Å²) in [5.74, 6) is -0.240. The van der Waals surface area contributed by atoms with E-state index >= 15 is 0 Å². The van der Waals surface area contributed by atoms with Crippen molar-refractivity contribution in [3.8, 4) is 5.75 Å². The van der Waals surface area contributed by atoms with Crippen molar-refractivity contribution in [3.63, 3.8) is 0 Å². The van der Waals surface area contributed by atoms with Crippen molar-refractivity contribution in [2.24, 2.45) is 0 Å². The summed E-state index contributed by atoms with van der Waals surface area (Å²) >= 11 is 1.96. The van der Waals surface area contributed by atoms with Crippen molar-refractivity contribution in [1.82, 2.24) is 4.98 Å². The molecule has 2 N–H and O–H groups in total. The number of H-pyrrole nitrogens is 1. The molecule has 0 saturated carbocycles. The molecular formula is C5H4INO2. The van der Waals surface area contributed by atoms with Crippen LogP contribution in [-0.2, 0) is 0 Å². The fraction of sp³-hybridized carbons (Fsp3) is 0. The van der Waals surface area contributed by atoms with E-state index in [0.29, 0.717) is 0 Å². The molecule has 48 valence electrons. The maximum Gasteiger partial charge on any atom is 0.290 e. The highest BCUT2D eigenvalue weighted by Crippen LogP contribution is 2.01. The maximum absolute atomic E-state index is 10.5. The zero-order valence-corrected chi connectivity index (χ0v) is 6.55. The van der Waals surface area contributed by atoms with Crippen LogP contribution in [0, 0.1) is 3.70 Å². The van der Waals surface area contributed by atoms with Gasteiger partial charge in [-0.25, -0.2) is 0 Å². The molecule has 0 fully saturated rings. The molecule has 1 aromatic rings. The van der Waals surface area contributed by atoms with Gasteiger partial charge in [-0.3, -0.25) is 4.79 Å². The number of aromatic amines is 1. The number of aromatic hydroxyl groups is 1. The van der Waals surface area contributed by atoms with E-state index < -0.39 is 5.56 Å². The molecule has 0 aromatic carbocycles. The number of aromatic nitrogens is 1. The van der Waals surface area contributed by atoms with Gasteiger partial charge in [0.1, 0.15) is 0 Å². The van der Waals surface area contributed by atoms with Crippen LogP contribution in [0.2, 0.25) is 0 Å². The largest absolute Gasteiger partial charge is 0.503 e. The van der Waals surface area contributed by atoms with E-state index in [1.807, 2.05) is 22.6 Å². The number of nitrogens with one attached hydrogen (secondary N) is 1. The lowest BCUT2D eigenvalue weighted by atomic mass is 10.5. The van der Waals surface area contributed by atoms with Gasteiger partial charge in [-0.15, -0.1) is 0 Å². The summed E-state index contributed by atoms with van der Waals surface area (Å²) in [5, 5.41) is 8.70. The van der Waals surface area contributed by atoms with Crippen molar-refractivity contribution in [2.45, 2.75) is 0 Å². The average Bonchev–Trinajstić information content (AvgIpc) is 1.80. The van der Waals surface area contributed by atoms with Gasteiger partial charge in [0.2, 0.25) is 0 Å². The minimum absolute atomic E-state index is 0.240. The van der Waals surface area contributed by atoms with Crippen molar-refractivity contribution in [2.75, 3.05) is 0 Å². The van der Waals surface area contributed by atoms with Crippen molar-refractivity contribution >= 4 is 22.6 Å². The monoisotopic (exact) mass is 237 g/mol. The average molecular weight is 237 g/mol.